The van der Waals surface area contributed by atoms with E-state index in [1.54, 1.807) is 26.1 Å². The number of aryl methyl sites for hydroxylation is 1. The number of hydrogen-bond acceptors (Lipinski definition) is 5. The van der Waals surface area contributed by atoms with Crippen molar-refractivity contribution in [1.82, 2.24) is 14.7 Å². The van der Waals surface area contributed by atoms with Crippen molar-refractivity contribution in [3.8, 4) is 0 Å². The summed E-state index contributed by atoms with van der Waals surface area (Å²) < 4.78 is 6.56. The Morgan fingerprint density at radius 1 is 1.14 bits per heavy atom. The van der Waals surface area contributed by atoms with Gasteiger partial charge in [0, 0.05) is 12.4 Å². The third-order valence-corrected chi connectivity index (χ3v) is 4.34. The maximum absolute atomic E-state index is 12.9. The van der Waals surface area contributed by atoms with Crippen molar-refractivity contribution >= 4 is 17.5 Å². The molecule has 0 radical (unpaired) electrons. The van der Waals surface area contributed by atoms with Gasteiger partial charge in [-0.2, -0.15) is 0 Å². The van der Waals surface area contributed by atoms with Crippen LogP contribution >= 0.6 is 0 Å². The normalized spacial score (nSPS) is 12.0. The molecule has 1 N–H and O–H groups in total. The third kappa shape index (κ3) is 4.87. The van der Waals surface area contributed by atoms with Crippen molar-refractivity contribution < 1.29 is 14.3 Å². The second-order valence-electron chi connectivity index (χ2n) is 7.09. The lowest BCUT2D eigenvalue weighted by Gasteiger charge is -2.19. The van der Waals surface area contributed by atoms with Crippen molar-refractivity contribution in [2.24, 2.45) is 0 Å². The summed E-state index contributed by atoms with van der Waals surface area (Å²) >= 11 is 0. The number of fused-ring (bicyclic) bond motifs is 1. The zero-order valence-corrected chi connectivity index (χ0v) is 16.6. The number of aromatic nitrogens is 2. The standard InChI is InChI=1S/C22H23N3O4/c1-14(2)29-20(26)11-18(16-7-5-4-6-8-16)24-21(27)17-12-23-19-10-9-15(3)13-25(19)22(17)28/h4-10,12-14,18H,11H2,1-3H3,(H,24,27). The molecule has 3 rings (SSSR count). The monoisotopic (exact) mass is 393 g/mol. The summed E-state index contributed by atoms with van der Waals surface area (Å²) in [6, 6.07) is 12.0. The molecule has 1 amide bonds. The summed E-state index contributed by atoms with van der Waals surface area (Å²) in [6.07, 6.45) is 2.59. The fourth-order valence-electron chi connectivity index (χ4n) is 2.99. The topological polar surface area (TPSA) is 89.8 Å². The van der Waals surface area contributed by atoms with Crippen LogP contribution in [0, 0.1) is 6.92 Å². The first-order valence-electron chi connectivity index (χ1n) is 9.38. The second kappa shape index (κ2) is 8.68. The molecule has 1 unspecified atom stereocenters. The van der Waals surface area contributed by atoms with Gasteiger partial charge in [-0.1, -0.05) is 36.4 Å². The molecule has 7 heteroatoms. The fraction of sp³-hybridized carbons (Fsp3) is 0.273. The van der Waals surface area contributed by atoms with Gasteiger partial charge in [0.1, 0.15) is 11.2 Å². The van der Waals surface area contributed by atoms with E-state index in [-0.39, 0.29) is 18.1 Å². The molecule has 7 nitrogen and oxygen atoms in total. The van der Waals surface area contributed by atoms with E-state index in [1.807, 2.05) is 43.3 Å². The molecule has 0 aliphatic rings. The molecule has 150 valence electrons. The van der Waals surface area contributed by atoms with E-state index in [4.69, 9.17) is 4.74 Å². The number of rotatable bonds is 6. The van der Waals surface area contributed by atoms with Gasteiger partial charge in [0.2, 0.25) is 0 Å². The van der Waals surface area contributed by atoms with Gasteiger partial charge in [0.25, 0.3) is 11.5 Å². The number of nitrogens with zero attached hydrogens (tertiary/aromatic N) is 2. The minimum absolute atomic E-state index is 0.0462. The number of carbonyl (C=O) groups excluding carboxylic acids is 2. The van der Waals surface area contributed by atoms with Crippen LogP contribution in [-0.2, 0) is 9.53 Å². The van der Waals surface area contributed by atoms with Gasteiger partial charge in [-0.05, 0) is 38.0 Å². The lowest BCUT2D eigenvalue weighted by molar-refractivity contribution is -0.147. The molecule has 0 fully saturated rings. The van der Waals surface area contributed by atoms with Gasteiger partial charge < -0.3 is 10.1 Å². The number of pyridine rings is 1. The Labute approximate surface area is 168 Å². The number of esters is 1. The van der Waals surface area contributed by atoms with Gasteiger partial charge >= 0.3 is 5.97 Å². The van der Waals surface area contributed by atoms with Crippen molar-refractivity contribution in [2.75, 3.05) is 0 Å². The fourth-order valence-corrected chi connectivity index (χ4v) is 2.99. The first-order valence-corrected chi connectivity index (χ1v) is 9.38. The lowest BCUT2D eigenvalue weighted by atomic mass is 10.0. The number of amides is 1. The molecule has 0 saturated heterocycles. The number of benzene rings is 1. The van der Waals surface area contributed by atoms with Gasteiger partial charge in [-0.15, -0.1) is 0 Å². The molecule has 2 aromatic heterocycles. The molecule has 1 aromatic carbocycles. The number of carbonyl (C=O) groups is 2. The zero-order chi connectivity index (χ0) is 21.0. The second-order valence-corrected chi connectivity index (χ2v) is 7.09. The van der Waals surface area contributed by atoms with E-state index in [0.29, 0.717) is 5.65 Å². The van der Waals surface area contributed by atoms with Crippen LogP contribution in [0.3, 0.4) is 0 Å². The Kier molecular flexibility index (Phi) is 6.07. The Morgan fingerprint density at radius 3 is 2.55 bits per heavy atom. The van der Waals surface area contributed by atoms with Crippen molar-refractivity contribution in [1.29, 1.82) is 0 Å². The molecule has 0 aliphatic carbocycles. The van der Waals surface area contributed by atoms with E-state index in [0.717, 1.165) is 11.1 Å². The highest BCUT2D eigenvalue weighted by Gasteiger charge is 2.22. The number of ether oxygens (including phenoxy) is 1. The molecule has 2 heterocycles. The summed E-state index contributed by atoms with van der Waals surface area (Å²) in [7, 11) is 0. The van der Waals surface area contributed by atoms with E-state index in [2.05, 4.69) is 10.3 Å². The first kappa shape index (κ1) is 20.3. The van der Waals surface area contributed by atoms with Crippen LogP contribution in [0.1, 0.15) is 47.8 Å². The Bertz CT molecular complexity index is 1090. The molecule has 0 saturated carbocycles. The summed E-state index contributed by atoms with van der Waals surface area (Å²) in [5.74, 6) is -1.03. The minimum atomic E-state index is -0.632. The van der Waals surface area contributed by atoms with Gasteiger partial charge in [0.15, 0.2) is 0 Å². The van der Waals surface area contributed by atoms with Crippen LogP contribution in [0.25, 0.3) is 5.65 Å². The SMILES string of the molecule is Cc1ccc2ncc(C(=O)NC(CC(=O)OC(C)C)c3ccccc3)c(=O)n2c1. The summed E-state index contributed by atoms with van der Waals surface area (Å²) in [4.78, 5) is 42.0. The summed E-state index contributed by atoms with van der Waals surface area (Å²) in [5, 5.41) is 2.78. The van der Waals surface area contributed by atoms with Gasteiger partial charge in [-0.25, -0.2) is 4.98 Å². The predicted octanol–water partition coefficient (Wildman–Crippen LogP) is 2.82. The third-order valence-electron chi connectivity index (χ3n) is 4.34. The minimum Gasteiger partial charge on any atom is -0.463 e. The van der Waals surface area contributed by atoms with Crippen LogP contribution in [0.15, 0.2) is 59.7 Å². The highest BCUT2D eigenvalue weighted by atomic mass is 16.5. The maximum Gasteiger partial charge on any atom is 0.308 e. The van der Waals surface area contributed by atoms with E-state index >= 15 is 0 Å². The van der Waals surface area contributed by atoms with Crippen LogP contribution in [0.2, 0.25) is 0 Å². The molecular formula is C22H23N3O4. The Hall–Kier alpha value is -3.48. The zero-order valence-electron chi connectivity index (χ0n) is 16.6. The largest absolute Gasteiger partial charge is 0.463 e. The highest BCUT2D eigenvalue weighted by Crippen LogP contribution is 2.18. The Morgan fingerprint density at radius 2 is 1.86 bits per heavy atom. The van der Waals surface area contributed by atoms with Crippen LogP contribution in [0.5, 0.6) is 0 Å². The average Bonchev–Trinajstić information content (AvgIpc) is 2.68. The van der Waals surface area contributed by atoms with Crippen molar-refractivity contribution in [2.45, 2.75) is 39.3 Å². The Balaban J connectivity index is 1.90. The smallest absolute Gasteiger partial charge is 0.308 e. The van der Waals surface area contributed by atoms with Crippen molar-refractivity contribution in [3.63, 3.8) is 0 Å². The van der Waals surface area contributed by atoms with E-state index in [1.165, 1.54) is 10.6 Å². The molecule has 0 spiro atoms. The average molecular weight is 393 g/mol. The number of hydrogen-bond donors (Lipinski definition) is 1. The van der Waals surface area contributed by atoms with Crippen molar-refractivity contribution in [3.05, 3.63) is 81.9 Å². The summed E-state index contributed by atoms with van der Waals surface area (Å²) in [6.45, 7) is 5.37. The van der Waals surface area contributed by atoms with E-state index in [9.17, 15) is 14.4 Å². The van der Waals surface area contributed by atoms with E-state index < -0.39 is 23.5 Å². The molecule has 29 heavy (non-hydrogen) atoms. The highest BCUT2D eigenvalue weighted by molar-refractivity contribution is 5.94. The summed E-state index contributed by atoms with van der Waals surface area (Å²) in [5.41, 5.74) is 1.51. The van der Waals surface area contributed by atoms with Gasteiger partial charge in [0.05, 0.1) is 18.6 Å². The predicted molar refractivity (Wildman–Crippen MR) is 109 cm³/mol. The van der Waals surface area contributed by atoms with Crippen LogP contribution < -0.4 is 10.9 Å². The molecule has 0 aliphatic heterocycles. The molecule has 1 atom stereocenters. The van der Waals surface area contributed by atoms with Crippen LogP contribution in [0.4, 0.5) is 0 Å². The molecule has 3 aromatic rings. The van der Waals surface area contributed by atoms with Crippen LogP contribution in [-0.4, -0.2) is 27.4 Å². The molecule has 0 bridgehead atoms. The quantitative estimate of drug-likeness (QED) is 0.651. The maximum atomic E-state index is 12.9. The lowest BCUT2D eigenvalue weighted by Crippen LogP contribution is -2.35. The first-order chi connectivity index (χ1) is 13.8. The van der Waals surface area contributed by atoms with Gasteiger partial charge in [-0.3, -0.25) is 18.8 Å². The molecular weight excluding hydrogens is 370 g/mol. The number of nitrogens with one attached hydrogen (secondary N) is 1.